The Bertz CT molecular complexity index is 923. The summed E-state index contributed by atoms with van der Waals surface area (Å²) in [6.45, 7) is 6.26. The molecule has 0 unspecified atom stereocenters. The van der Waals surface area contributed by atoms with Crippen LogP contribution >= 0.6 is 11.3 Å². The van der Waals surface area contributed by atoms with Gasteiger partial charge >= 0.3 is 0 Å². The van der Waals surface area contributed by atoms with E-state index in [1.165, 1.54) is 10.9 Å². The summed E-state index contributed by atoms with van der Waals surface area (Å²) >= 11 is 1.66. The molecular weight excluding hydrogens is 399 g/mol. The maximum atomic E-state index is 13.7. The maximum absolute atomic E-state index is 13.7. The number of nitrogens with one attached hydrogen (secondary N) is 1. The number of piperidine rings is 1. The number of thiophene rings is 1. The van der Waals surface area contributed by atoms with Crippen LogP contribution in [0.1, 0.15) is 49.3 Å². The first kappa shape index (κ1) is 22.5. The molecule has 0 aliphatic carbocycles. The number of rotatable bonds is 6. The number of carbonyl (C=O) groups is 1. The molecule has 1 aliphatic rings. The SMILES string of the molecule is CC(C)(O)C#Cc1ccc(CN2CCC[C@H](CCC(=O)Nc3ccccc3F)C2)s1. The van der Waals surface area contributed by atoms with Crippen LogP contribution in [-0.2, 0) is 11.3 Å². The predicted octanol–water partition coefficient (Wildman–Crippen LogP) is 4.64. The van der Waals surface area contributed by atoms with Crippen molar-refractivity contribution in [2.75, 3.05) is 18.4 Å². The first-order valence-electron chi connectivity index (χ1n) is 10.4. The second kappa shape index (κ2) is 10.2. The van der Waals surface area contributed by atoms with Crippen LogP contribution in [0.2, 0.25) is 0 Å². The third-order valence-corrected chi connectivity index (χ3v) is 6.05. The van der Waals surface area contributed by atoms with Crippen molar-refractivity contribution in [3.63, 3.8) is 0 Å². The Morgan fingerprint density at radius 2 is 2.13 bits per heavy atom. The molecule has 3 rings (SSSR count). The van der Waals surface area contributed by atoms with Crippen LogP contribution in [-0.4, -0.2) is 34.6 Å². The van der Waals surface area contributed by atoms with Gasteiger partial charge in [-0.05, 0) is 69.8 Å². The largest absolute Gasteiger partial charge is 0.378 e. The zero-order chi connectivity index (χ0) is 21.6. The Kier molecular flexibility index (Phi) is 7.65. The lowest BCUT2D eigenvalue weighted by molar-refractivity contribution is -0.116. The summed E-state index contributed by atoms with van der Waals surface area (Å²) in [6, 6.07) is 10.4. The first-order valence-corrected chi connectivity index (χ1v) is 11.2. The van der Waals surface area contributed by atoms with Gasteiger partial charge in [0.05, 0.1) is 10.6 Å². The topological polar surface area (TPSA) is 52.6 Å². The number of carbonyl (C=O) groups excluding carboxylic acids is 1. The third kappa shape index (κ3) is 7.24. The standard InChI is InChI=1S/C24H29FN2O2S/c1-24(2,29)14-13-19-10-11-20(30-19)17-27-15-5-6-18(16-27)9-12-23(28)26-22-8-4-3-7-21(22)25/h3-4,7-8,10-11,18,29H,5-6,9,12,15-17H2,1-2H3,(H,26,28)/t18-/m1/s1. The van der Waals surface area contributed by atoms with Crippen LogP contribution in [0.15, 0.2) is 36.4 Å². The van der Waals surface area contributed by atoms with Crippen molar-refractivity contribution in [2.45, 2.75) is 51.7 Å². The van der Waals surface area contributed by atoms with Gasteiger partial charge in [0, 0.05) is 24.4 Å². The van der Waals surface area contributed by atoms with Crippen molar-refractivity contribution in [2.24, 2.45) is 5.92 Å². The van der Waals surface area contributed by atoms with E-state index < -0.39 is 11.4 Å². The lowest BCUT2D eigenvalue weighted by Crippen LogP contribution is -2.35. The molecule has 1 aromatic carbocycles. The highest BCUT2D eigenvalue weighted by atomic mass is 32.1. The van der Waals surface area contributed by atoms with Crippen LogP contribution in [0.3, 0.4) is 0 Å². The molecule has 6 heteroatoms. The van der Waals surface area contributed by atoms with Crippen molar-refractivity contribution in [3.05, 3.63) is 52.0 Å². The molecule has 0 saturated carbocycles. The Morgan fingerprint density at radius 1 is 1.33 bits per heavy atom. The van der Waals surface area contributed by atoms with Gasteiger partial charge in [-0.25, -0.2) is 4.39 Å². The summed E-state index contributed by atoms with van der Waals surface area (Å²) < 4.78 is 13.7. The summed E-state index contributed by atoms with van der Waals surface area (Å²) in [5.74, 6) is 5.82. The second-order valence-corrected chi connectivity index (χ2v) is 9.55. The molecule has 1 atom stereocenters. The van der Waals surface area contributed by atoms with Gasteiger partial charge in [-0.2, -0.15) is 0 Å². The quantitative estimate of drug-likeness (QED) is 0.659. The second-order valence-electron chi connectivity index (χ2n) is 8.39. The fourth-order valence-corrected chi connectivity index (χ4v) is 4.51. The van der Waals surface area contributed by atoms with E-state index in [9.17, 15) is 14.3 Å². The normalized spacial score (nSPS) is 17.3. The lowest BCUT2D eigenvalue weighted by Gasteiger charge is -2.32. The van der Waals surface area contributed by atoms with Crippen molar-refractivity contribution in [1.29, 1.82) is 0 Å². The summed E-state index contributed by atoms with van der Waals surface area (Å²) in [6.07, 6.45) is 3.46. The molecule has 0 bridgehead atoms. The summed E-state index contributed by atoms with van der Waals surface area (Å²) in [5.41, 5.74) is -0.739. The number of para-hydroxylation sites is 1. The van der Waals surface area contributed by atoms with Crippen molar-refractivity contribution in [1.82, 2.24) is 4.90 Å². The summed E-state index contributed by atoms with van der Waals surface area (Å²) in [4.78, 5) is 16.8. The highest BCUT2D eigenvalue weighted by Crippen LogP contribution is 2.25. The van der Waals surface area contributed by atoms with Crippen LogP contribution in [0, 0.1) is 23.6 Å². The van der Waals surface area contributed by atoms with E-state index in [4.69, 9.17) is 0 Å². The highest BCUT2D eigenvalue weighted by Gasteiger charge is 2.21. The minimum atomic E-state index is -0.983. The van der Waals surface area contributed by atoms with Gasteiger partial charge in [-0.1, -0.05) is 24.0 Å². The molecule has 4 nitrogen and oxygen atoms in total. The monoisotopic (exact) mass is 428 g/mol. The minimum absolute atomic E-state index is 0.134. The van der Waals surface area contributed by atoms with Crippen LogP contribution in [0.25, 0.3) is 0 Å². The first-order chi connectivity index (χ1) is 14.3. The maximum Gasteiger partial charge on any atom is 0.224 e. The van der Waals surface area contributed by atoms with Gasteiger partial charge in [0.1, 0.15) is 11.4 Å². The zero-order valence-electron chi connectivity index (χ0n) is 17.6. The smallest absolute Gasteiger partial charge is 0.224 e. The summed E-state index contributed by atoms with van der Waals surface area (Å²) in [5, 5.41) is 12.4. The van der Waals surface area contributed by atoms with E-state index >= 15 is 0 Å². The Hall–Kier alpha value is -2.20. The molecule has 1 saturated heterocycles. The number of benzene rings is 1. The molecule has 0 radical (unpaired) electrons. The lowest BCUT2D eigenvalue weighted by atomic mass is 9.93. The molecule has 160 valence electrons. The fourth-order valence-electron chi connectivity index (χ4n) is 3.61. The van der Waals surface area contributed by atoms with Gasteiger partial charge in [0.15, 0.2) is 0 Å². The van der Waals surface area contributed by atoms with Crippen LogP contribution in [0.4, 0.5) is 10.1 Å². The van der Waals surface area contributed by atoms with E-state index in [-0.39, 0.29) is 11.6 Å². The Morgan fingerprint density at radius 3 is 2.90 bits per heavy atom. The van der Waals surface area contributed by atoms with Gasteiger partial charge < -0.3 is 10.4 Å². The number of amides is 1. The number of nitrogens with zero attached hydrogens (tertiary/aromatic N) is 1. The highest BCUT2D eigenvalue weighted by molar-refractivity contribution is 7.12. The van der Waals surface area contributed by atoms with Gasteiger partial charge in [-0.3, -0.25) is 9.69 Å². The average molecular weight is 429 g/mol. The van der Waals surface area contributed by atoms with E-state index in [1.54, 1.807) is 43.4 Å². The zero-order valence-corrected chi connectivity index (χ0v) is 18.4. The Balaban J connectivity index is 1.46. The van der Waals surface area contributed by atoms with Crippen LogP contribution < -0.4 is 5.32 Å². The summed E-state index contributed by atoms with van der Waals surface area (Å²) in [7, 11) is 0. The number of hydrogen-bond acceptors (Lipinski definition) is 4. The van der Waals surface area contributed by atoms with Gasteiger partial charge in [-0.15, -0.1) is 11.3 Å². The van der Waals surface area contributed by atoms with E-state index in [0.29, 0.717) is 12.3 Å². The van der Waals surface area contributed by atoms with E-state index in [1.807, 2.05) is 6.07 Å². The molecule has 1 amide bonds. The van der Waals surface area contributed by atoms with Crippen molar-refractivity contribution >= 4 is 22.9 Å². The molecule has 0 spiro atoms. The van der Waals surface area contributed by atoms with E-state index in [2.05, 4.69) is 28.1 Å². The molecule has 2 N–H and O–H groups in total. The Labute approximate surface area is 182 Å². The predicted molar refractivity (Wildman–Crippen MR) is 120 cm³/mol. The molecule has 1 aliphatic heterocycles. The van der Waals surface area contributed by atoms with Crippen molar-refractivity contribution < 1.29 is 14.3 Å². The molecule has 30 heavy (non-hydrogen) atoms. The average Bonchev–Trinajstić information content (AvgIpc) is 3.14. The molecular formula is C24H29FN2O2S. The van der Waals surface area contributed by atoms with Crippen LogP contribution in [0.5, 0.6) is 0 Å². The fraction of sp³-hybridized carbons (Fsp3) is 0.458. The molecule has 1 fully saturated rings. The minimum Gasteiger partial charge on any atom is -0.378 e. The van der Waals surface area contributed by atoms with Crippen molar-refractivity contribution in [3.8, 4) is 11.8 Å². The molecule has 2 heterocycles. The molecule has 1 aromatic heterocycles. The van der Waals surface area contributed by atoms with Gasteiger partial charge in [0.25, 0.3) is 0 Å². The molecule has 2 aromatic rings. The number of halogens is 1. The van der Waals surface area contributed by atoms with E-state index in [0.717, 1.165) is 43.8 Å². The number of hydrogen-bond donors (Lipinski definition) is 2. The number of anilines is 1. The third-order valence-electron chi connectivity index (χ3n) is 5.06. The van der Waals surface area contributed by atoms with Gasteiger partial charge in [0.2, 0.25) is 5.91 Å². The number of aliphatic hydroxyl groups is 1. The number of likely N-dealkylation sites (tertiary alicyclic amines) is 1.